The highest BCUT2D eigenvalue weighted by molar-refractivity contribution is 5.64. The Morgan fingerprint density at radius 3 is 2.84 bits per heavy atom. The monoisotopic (exact) mass is 260 g/mol. The Hall–Kier alpha value is -1.81. The van der Waals surface area contributed by atoms with Gasteiger partial charge >= 0.3 is 0 Å². The molecule has 19 heavy (non-hydrogen) atoms. The van der Waals surface area contributed by atoms with E-state index in [2.05, 4.69) is 24.1 Å². The van der Waals surface area contributed by atoms with Crippen LogP contribution in [0.25, 0.3) is 11.3 Å². The average molecular weight is 260 g/mol. The molecule has 0 spiro atoms. The summed E-state index contributed by atoms with van der Waals surface area (Å²) in [5.41, 5.74) is 0.931. The van der Waals surface area contributed by atoms with E-state index in [1.54, 1.807) is 13.3 Å². The van der Waals surface area contributed by atoms with Crippen LogP contribution in [0.1, 0.15) is 19.7 Å². The third kappa shape index (κ3) is 3.58. The van der Waals surface area contributed by atoms with Crippen LogP contribution in [0.4, 0.5) is 0 Å². The number of ether oxygens (including phenoxy) is 1. The van der Waals surface area contributed by atoms with Crippen molar-refractivity contribution in [1.82, 2.24) is 10.3 Å². The third-order valence-corrected chi connectivity index (χ3v) is 2.82. The molecular weight excluding hydrogens is 240 g/mol. The highest BCUT2D eigenvalue weighted by atomic mass is 16.5. The zero-order valence-corrected chi connectivity index (χ0v) is 11.6. The van der Waals surface area contributed by atoms with Crippen molar-refractivity contribution in [2.45, 2.75) is 26.3 Å². The van der Waals surface area contributed by atoms with Crippen molar-refractivity contribution in [3.63, 3.8) is 0 Å². The molecule has 0 saturated heterocycles. The number of aromatic nitrogens is 1. The molecule has 1 aromatic heterocycles. The summed E-state index contributed by atoms with van der Waals surface area (Å²) in [4.78, 5) is 4.30. The summed E-state index contributed by atoms with van der Waals surface area (Å²) in [5.74, 6) is 2.29. The minimum absolute atomic E-state index is 0.476. The summed E-state index contributed by atoms with van der Waals surface area (Å²) in [5, 5.41) is 3.34. The van der Waals surface area contributed by atoms with Crippen LogP contribution in [-0.2, 0) is 6.42 Å². The Morgan fingerprint density at radius 1 is 1.32 bits per heavy atom. The summed E-state index contributed by atoms with van der Waals surface area (Å²) in [6.45, 7) is 5.11. The second-order valence-corrected chi connectivity index (χ2v) is 4.68. The van der Waals surface area contributed by atoms with E-state index in [9.17, 15) is 0 Å². The maximum Gasteiger partial charge on any atom is 0.196 e. The summed E-state index contributed by atoms with van der Waals surface area (Å²) < 4.78 is 11.1. The van der Waals surface area contributed by atoms with Gasteiger partial charge in [-0.15, -0.1) is 0 Å². The van der Waals surface area contributed by atoms with Gasteiger partial charge in [-0.25, -0.2) is 4.98 Å². The van der Waals surface area contributed by atoms with Gasteiger partial charge in [-0.05, 0) is 12.1 Å². The first kappa shape index (κ1) is 13.6. The van der Waals surface area contributed by atoms with Crippen LogP contribution < -0.4 is 10.1 Å². The first-order chi connectivity index (χ1) is 9.20. The van der Waals surface area contributed by atoms with Gasteiger partial charge in [-0.1, -0.05) is 26.0 Å². The van der Waals surface area contributed by atoms with E-state index in [-0.39, 0.29) is 0 Å². The molecule has 1 N–H and O–H groups in total. The van der Waals surface area contributed by atoms with Crippen LogP contribution in [0.2, 0.25) is 0 Å². The van der Waals surface area contributed by atoms with Crippen LogP contribution in [-0.4, -0.2) is 24.7 Å². The zero-order valence-electron chi connectivity index (χ0n) is 11.6. The predicted octanol–water partition coefficient (Wildman–Crippen LogP) is 2.89. The van der Waals surface area contributed by atoms with Gasteiger partial charge in [0, 0.05) is 19.0 Å². The molecule has 4 nitrogen and oxygen atoms in total. The Balaban J connectivity index is 2.08. The first-order valence-electron chi connectivity index (χ1n) is 6.52. The molecule has 0 radical (unpaired) electrons. The number of benzene rings is 1. The molecule has 0 aliphatic rings. The van der Waals surface area contributed by atoms with Gasteiger partial charge in [0.15, 0.2) is 11.7 Å². The van der Waals surface area contributed by atoms with E-state index >= 15 is 0 Å². The third-order valence-electron chi connectivity index (χ3n) is 2.82. The first-order valence-corrected chi connectivity index (χ1v) is 6.52. The molecule has 2 rings (SSSR count). The summed E-state index contributed by atoms with van der Waals surface area (Å²) >= 11 is 0. The summed E-state index contributed by atoms with van der Waals surface area (Å²) in [6.07, 6.45) is 2.54. The maximum atomic E-state index is 5.76. The second kappa shape index (κ2) is 6.38. The van der Waals surface area contributed by atoms with Crippen LogP contribution >= 0.6 is 0 Å². The molecule has 0 aliphatic heterocycles. The molecule has 0 aliphatic carbocycles. The van der Waals surface area contributed by atoms with Gasteiger partial charge in [-0.3, -0.25) is 0 Å². The van der Waals surface area contributed by atoms with Crippen molar-refractivity contribution in [2.24, 2.45) is 0 Å². The highest BCUT2D eigenvalue weighted by Gasteiger charge is 2.10. The number of methoxy groups -OCH3 is 1. The Kier molecular flexibility index (Phi) is 4.58. The number of nitrogens with zero attached hydrogens (tertiary/aromatic N) is 1. The van der Waals surface area contributed by atoms with Crippen molar-refractivity contribution in [3.05, 3.63) is 36.4 Å². The fourth-order valence-corrected chi connectivity index (χ4v) is 1.87. The molecule has 2 aromatic rings. The van der Waals surface area contributed by atoms with Crippen molar-refractivity contribution >= 4 is 0 Å². The standard InChI is InChI=1S/C15H20N2O2/c1-11(2)16-9-8-15-17-10-14(19-15)12-6-4-5-7-13(12)18-3/h4-7,10-11,16H,8-9H2,1-3H3. The number of nitrogens with one attached hydrogen (secondary N) is 1. The van der Waals surface area contributed by atoms with Crippen molar-refractivity contribution in [3.8, 4) is 17.1 Å². The normalized spacial score (nSPS) is 10.9. The van der Waals surface area contributed by atoms with Crippen LogP contribution in [0, 0.1) is 0 Å². The number of hydrogen-bond donors (Lipinski definition) is 1. The van der Waals surface area contributed by atoms with Crippen LogP contribution in [0.3, 0.4) is 0 Å². The number of rotatable bonds is 6. The molecule has 102 valence electrons. The Bertz CT molecular complexity index is 520. The molecule has 1 heterocycles. The quantitative estimate of drug-likeness (QED) is 0.867. The molecular formula is C15H20N2O2. The lowest BCUT2D eigenvalue weighted by Crippen LogP contribution is -2.24. The number of oxazole rings is 1. The predicted molar refractivity (Wildman–Crippen MR) is 75.3 cm³/mol. The van der Waals surface area contributed by atoms with E-state index in [1.807, 2.05) is 24.3 Å². The summed E-state index contributed by atoms with van der Waals surface area (Å²) in [7, 11) is 1.66. The Morgan fingerprint density at radius 2 is 2.11 bits per heavy atom. The number of para-hydroxylation sites is 1. The van der Waals surface area contributed by atoms with Crippen LogP contribution in [0.5, 0.6) is 5.75 Å². The van der Waals surface area contributed by atoms with E-state index in [1.165, 1.54) is 0 Å². The molecule has 0 amide bonds. The van der Waals surface area contributed by atoms with E-state index in [4.69, 9.17) is 9.15 Å². The highest BCUT2D eigenvalue weighted by Crippen LogP contribution is 2.29. The zero-order chi connectivity index (χ0) is 13.7. The van der Waals surface area contributed by atoms with E-state index < -0.39 is 0 Å². The topological polar surface area (TPSA) is 47.3 Å². The molecule has 0 bridgehead atoms. The van der Waals surface area contributed by atoms with Gasteiger partial charge in [0.25, 0.3) is 0 Å². The molecule has 1 aromatic carbocycles. The molecule has 0 saturated carbocycles. The lowest BCUT2D eigenvalue weighted by atomic mass is 10.1. The van der Waals surface area contributed by atoms with Gasteiger partial charge in [0.2, 0.25) is 0 Å². The maximum absolute atomic E-state index is 5.76. The van der Waals surface area contributed by atoms with Crippen LogP contribution in [0.15, 0.2) is 34.9 Å². The lowest BCUT2D eigenvalue weighted by Gasteiger charge is -2.06. The minimum atomic E-state index is 0.476. The van der Waals surface area contributed by atoms with Gasteiger partial charge in [0.05, 0.1) is 18.9 Å². The molecule has 4 heteroatoms. The van der Waals surface area contributed by atoms with Crippen molar-refractivity contribution < 1.29 is 9.15 Å². The smallest absolute Gasteiger partial charge is 0.196 e. The van der Waals surface area contributed by atoms with Crippen molar-refractivity contribution in [2.75, 3.05) is 13.7 Å². The fraction of sp³-hybridized carbons (Fsp3) is 0.400. The second-order valence-electron chi connectivity index (χ2n) is 4.68. The van der Waals surface area contributed by atoms with Gasteiger partial charge in [0.1, 0.15) is 5.75 Å². The Labute approximate surface area is 113 Å². The fourth-order valence-electron chi connectivity index (χ4n) is 1.87. The van der Waals surface area contributed by atoms with Crippen molar-refractivity contribution in [1.29, 1.82) is 0 Å². The van der Waals surface area contributed by atoms with Gasteiger partial charge in [-0.2, -0.15) is 0 Å². The molecule has 0 atom stereocenters. The SMILES string of the molecule is COc1ccccc1-c1cnc(CCNC(C)C)o1. The largest absolute Gasteiger partial charge is 0.496 e. The molecule has 0 fully saturated rings. The average Bonchev–Trinajstić information content (AvgIpc) is 2.87. The van der Waals surface area contributed by atoms with E-state index in [0.29, 0.717) is 6.04 Å². The number of hydrogen-bond acceptors (Lipinski definition) is 4. The minimum Gasteiger partial charge on any atom is -0.496 e. The van der Waals surface area contributed by atoms with E-state index in [0.717, 1.165) is 35.9 Å². The molecule has 0 unspecified atom stereocenters. The van der Waals surface area contributed by atoms with Gasteiger partial charge < -0.3 is 14.5 Å². The summed E-state index contributed by atoms with van der Waals surface area (Å²) in [6, 6.07) is 8.25. The lowest BCUT2D eigenvalue weighted by molar-refractivity contribution is 0.413.